The molecule has 7 nitrogen and oxygen atoms in total. The Morgan fingerprint density at radius 2 is 1.64 bits per heavy atom. The number of ether oxygens (including phenoxy) is 2. The Morgan fingerprint density at radius 1 is 0.889 bits per heavy atom. The van der Waals surface area contributed by atoms with Crippen LogP contribution in [0.3, 0.4) is 0 Å². The summed E-state index contributed by atoms with van der Waals surface area (Å²) in [6.07, 6.45) is 5.17. The number of hydrogen-bond donors (Lipinski definition) is 2. The summed E-state index contributed by atoms with van der Waals surface area (Å²) >= 11 is 0. The van der Waals surface area contributed by atoms with Gasteiger partial charge in [0, 0.05) is 35.9 Å². The van der Waals surface area contributed by atoms with Crippen LogP contribution < -0.4 is 25.0 Å². The van der Waals surface area contributed by atoms with Crippen LogP contribution in [0.4, 0.5) is 21.9 Å². The molecular formula is C29H31N3O4. The molecule has 0 bridgehead atoms. The lowest BCUT2D eigenvalue weighted by Gasteiger charge is -2.20. The molecule has 7 heteroatoms. The average Bonchev–Trinajstić information content (AvgIpc) is 3.54. The topological polar surface area (TPSA) is 79.9 Å². The molecule has 1 aliphatic carbocycles. The summed E-state index contributed by atoms with van der Waals surface area (Å²) in [4.78, 5) is 27.2. The number of nitrogens with zero attached hydrogens (tertiary/aromatic N) is 1. The molecule has 1 saturated heterocycles. The maximum Gasteiger partial charge on any atom is 0.323 e. The van der Waals surface area contributed by atoms with Crippen molar-refractivity contribution < 1.29 is 19.1 Å². The molecule has 186 valence electrons. The zero-order valence-corrected chi connectivity index (χ0v) is 20.4. The van der Waals surface area contributed by atoms with Gasteiger partial charge in [0.2, 0.25) is 5.91 Å². The molecule has 0 aromatic heterocycles. The van der Waals surface area contributed by atoms with Crippen molar-refractivity contribution in [1.82, 2.24) is 0 Å². The summed E-state index contributed by atoms with van der Waals surface area (Å²) in [6, 6.07) is 22.3. The van der Waals surface area contributed by atoms with Crippen LogP contribution in [0, 0.1) is 0 Å². The molecule has 1 saturated carbocycles. The van der Waals surface area contributed by atoms with Gasteiger partial charge in [0.25, 0.3) is 0 Å². The fourth-order valence-electron chi connectivity index (χ4n) is 4.97. The monoisotopic (exact) mass is 485 g/mol. The van der Waals surface area contributed by atoms with Crippen LogP contribution in [0.1, 0.15) is 43.6 Å². The van der Waals surface area contributed by atoms with Gasteiger partial charge in [0.05, 0.1) is 13.2 Å². The van der Waals surface area contributed by atoms with Crippen LogP contribution in [-0.4, -0.2) is 31.7 Å². The lowest BCUT2D eigenvalue weighted by molar-refractivity contribution is -0.117. The standard InChI is InChI=1S/C29H31N3O4/c1-35-26-15-14-20(16-27(26)36-25-12-5-6-13-25)21-17-28(33)32(19-21)24-11-7-10-23(18-24)31-29(34)30-22-8-3-2-4-9-22/h2-4,7-11,14-16,18,21,25H,5-6,12-13,17,19H2,1H3,(H2,30,31,34). The number of para-hydroxylation sites is 1. The SMILES string of the molecule is COc1ccc(C2CC(=O)N(c3cccc(NC(=O)Nc4ccccc4)c3)C2)cc1OC1CCCC1. The first-order valence-corrected chi connectivity index (χ1v) is 12.5. The van der Waals surface area contributed by atoms with Crippen molar-refractivity contribution in [2.45, 2.75) is 44.1 Å². The van der Waals surface area contributed by atoms with Crippen LogP contribution in [0.25, 0.3) is 0 Å². The number of amides is 3. The number of carbonyl (C=O) groups excluding carboxylic acids is 2. The summed E-state index contributed by atoms with van der Waals surface area (Å²) in [5, 5.41) is 5.65. The number of nitrogens with one attached hydrogen (secondary N) is 2. The highest BCUT2D eigenvalue weighted by Crippen LogP contribution is 2.38. The van der Waals surface area contributed by atoms with Gasteiger partial charge < -0.3 is 25.0 Å². The predicted molar refractivity (Wildman–Crippen MR) is 141 cm³/mol. The number of rotatable bonds is 7. The van der Waals surface area contributed by atoms with E-state index < -0.39 is 0 Å². The highest BCUT2D eigenvalue weighted by molar-refractivity contribution is 6.01. The second-order valence-corrected chi connectivity index (χ2v) is 9.34. The quantitative estimate of drug-likeness (QED) is 0.419. The average molecular weight is 486 g/mol. The first-order chi connectivity index (χ1) is 17.6. The highest BCUT2D eigenvalue weighted by Gasteiger charge is 2.32. The summed E-state index contributed by atoms with van der Waals surface area (Å²) < 4.78 is 11.8. The van der Waals surface area contributed by atoms with Crippen LogP contribution >= 0.6 is 0 Å². The maximum absolute atomic E-state index is 13.0. The van der Waals surface area contributed by atoms with Crippen molar-refractivity contribution in [3.63, 3.8) is 0 Å². The fraction of sp³-hybridized carbons (Fsp3) is 0.310. The summed E-state index contributed by atoms with van der Waals surface area (Å²) in [7, 11) is 1.65. The van der Waals surface area contributed by atoms with Gasteiger partial charge in [0.1, 0.15) is 0 Å². The van der Waals surface area contributed by atoms with Crippen molar-refractivity contribution in [2.24, 2.45) is 0 Å². The van der Waals surface area contributed by atoms with Crippen LogP contribution in [0.15, 0.2) is 72.8 Å². The van der Waals surface area contributed by atoms with Crippen LogP contribution in [-0.2, 0) is 4.79 Å². The van der Waals surface area contributed by atoms with Crippen molar-refractivity contribution in [1.29, 1.82) is 0 Å². The van der Waals surface area contributed by atoms with Gasteiger partial charge in [-0.05, 0) is 73.7 Å². The predicted octanol–water partition coefficient (Wildman–Crippen LogP) is 6.18. The third-order valence-corrected chi connectivity index (χ3v) is 6.83. The Kier molecular flexibility index (Phi) is 7.07. The first kappa shape index (κ1) is 23.7. The van der Waals surface area contributed by atoms with E-state index in [4.69, 9.17) is 9.47 Å². The lowest BCUT2D eigenvalue weighted by atomic mass is 9.98. The van der Waals surface area contributed by atoms with E-state index in [-0.39, 0.29) is 24.0 Å². The summed E-state index contributed by atoms with van der Waals surface area (Å²) in [6.45, 7) is 0.563. The Bertz CT molecular complexity index is 1220. The molecule has 2 fully saturated rings. The second-order valence-electron chi connectivity index (χ2n) is 9.34. The van der Waals surface area contributed by atoms with Gasteiger partial charge in [-0.2, -0.15) is 0 Å². The highest BCUT2D eigenvalue weighted by atomic mass is 16.5. The Labute approximate surface area is 211 Å². The van der Waals surface area contributed by atoms with E-state index in [1.54, 1.807) is 12.0 Å². The first-order valence-electron chi connectivity index (χ1n) is 12.5. The molecule has 0 radical (unpaired) electrons. The number of benzene rings is 3. The van der Waals surface area contributed by atoms with Gasteiger partial charge in [-0.3, -0.25) is 4.79 Å². The maximum atomic E-state index is 13.0. The molecule has 5 rings (SSSR count). The molecule has 3 amide bonds. The van der Waals surface area contributed by atoms with Crippen molar-refractivity contribution >= 4 is 29.0 Å². The molecule has 1 atom stereocenters. The molecular weight excluding hydrogens is 454 g/mol. The van der Waals surface area contributed by atoms with Gasteiger partial charge >= 0.3 is 6.03 Å². The molecule has 3 aromatic carbocycles. The molecule has 1 heterocycles. The van der Waals surface area contributed by atoms with Crippen LogP contribution in [0.2, 0.25) is 0 Å². The van der Waals surface area contributed by atoms with Gasteiger partial charge in [0.15, 0.2) is 11.5 Å². The number of hydrogen-bond acceptors (Lipinski definition) is 4. The van der Waals surface area contributed by atoms with E-state index in [0.29, 0.717) is 24.3 Å². The van der Waals surface area contributed by atoms with Gasteiger partial charge in [-0.1, -0.05) is 30.3 Å². The normalized spacial score (nSPS) is 17.8. The fourth-order valence-corrected chi connectivity index (χ4v) is 4.97. The molecule has 2 N–H and O–H groups in total. The zero-order chi connectivity index (χ0) is 24.9. The van der Waals surface area contributed by atoms with E-state index in [0.717, 1.165) is 35.6 Å². The smallest absolute Gasteiger partial charge is 0.323 e. The van der Waals surface area contributed by atoms with Gasteiger partial charge in [-0.15, -0.1) is 0 Å². The minimum Gasteiger partial charge on any atom is -0.493 e. The van der Waals surface area contributed by atoms with Crippen molar-refractivity contribution in [2.75, 3.05) is 29.2 Å². The third-order valence-electron chi connectivity index (χ3n) is 6.83. The zero-order valence-electron chi connectivity index (χ0n) is 20.4. The van der Waals surface area contributed by atoms with E-state index in [9.17, 15) is 9.59 Å². The minimum absolute atomic E-state index is 0.0485. The molecule has 36 heavy (non-hydrogen) atoms. The van der Waals surface area contributed by atoms with Crippen molar-refractivity contribution in [3.05, 3.63) is 78.4 Å². The van der Waals surface area contributed by atoms with E-state index >= 15 is 0 Å². The number of carbonyl (C=O) groups is 2. The third kappa shape index (κ3) is 5.46. The Morgan fingerprint density at radius 3 is 2.42 bits per heavy atom. The number of anilines is 3. The van der Waals surface area contributed by atoms with Gasteiger partial charge in [-0.25, -0.2) is 4.79 Å². The largest absolute Gasteiger partial charge is 0.493 e. The summed E-state index contributed by atoms with van der Waals surface area (Å²) in [5.74, 6) is 1.58. The van der Waals surface area contributed by atoms with Crippen molar-refractivity contribution in [3.8, 4) is 11.5 Å². The number of urea groups is 1. The molecule has 0 spiro atoms. The summed E-state index contributed by atoms with van der Waals surface area (Å²) in [5.41, 5.74) is 3.15. The second kappa shape index (κ2) is 10.7. The molecule has 1 aliphatic heterocycles. The Hall–Kier alpha value is -4.00. The Balaban J connectivity index is 1.27. The van der Waals surface area contributed by atoms with E-state index in [1.165, 1.54) is 12.8 Å². The van der Waals surface area contributed by atoms with Crippen LogP contribution in [0.5, 0.6) is 11.5 Å². The minimum atomic E-state index is -0.336. The number of methoxy groups -OCH3 is 1. The van der Waals surface area contributed by atoms with E-state index in [1.807, 2.05) is 72.8 Å². The van der Waals surface area contributed by atoms with E-state index in [2.05, 4.69) is 10.6 Å². The molecule has 3 aromatic rings. The molecule has 1 unspecified atom stereocenters. The molecule has 2 aliphatic rings. The lowest BCUT2D eigenvalue weighted by Crippen LogP contribution is -2.25.